The van der Waals surface area contributed by atoms with E-state index in [4.69, 9.17) is 9.05 Å². The van der Waals surface area contributed by atoms with Crippen molar-refractivity contribution in [2.75, 3.05) is 0 Å². The molecule has 0 aliphatic heterocycles. The van der Waals surface area contributed by atoms with Crippen molar-refractivity contribution in [2.45, 2.75) is 92.3 Å². The highest BCUT2D eigenvalue weighted by atomic mass is 31.2. The summed E-state index contributed by atoms with van der Waals surface area (Å²) in [5, 5.41) is 0. The Kier molecular flexibility index (Phi) is 7.83. The van der Waals surface area contributed by atoms with Crippen molar-refractivity contribution in [3.63, 3.8) is 0 Å². The van der Waals surface area contributed by atoms with Crippen LogP contribution in [0.3, 0.4) is 0 Å². The lowest BCUT2D eigenvalue weighted by Gasteiger charge is -2.32. The normalized spacial score (nSPS) is 15.0. The lowest BCUT2D eigenvalue weighted by molar-refractivity contribution is -0.119. The van der Waals surface area contributed by atoms with Gasteiger partial charge in [0, 0.05) is 5.92 Å². The summed E-state index contributed by atoms with van der Waals surface area (Å²) >= 11 is 0. The van der Waals surface area contributed by atoms with Gasteiger partial charge in [0.1, 0.15) is 0 Å². The molecule has 0 heterocycles. The number of hydrogen-bond acceptors (Lipinski definition) is 4. The molecular formula is C16H33O4P. The van der Waals surface area contributed by atoms with Crippen molar-refractivity contribution in [3.8, 4) is 0 Å². The lowest BCUT2D eigenvalue weighted by Crippen LogP contribution is -2.29. The number of hydrogen-bond donors (Lipinski definition) is 0. The van der Waals surface area contributed by atoms with Crippen LogP contribution >= 0.6 is 7.60 Å². The standard InChI is InChI=1S/C16H33O4P/c1-9-11-12-13(10-2)14(17)21(18,19-15(3,4)5)20-16(6,7)8/h13H,9-12H2,1-8H3. The molecule has 1 atom stereocenters. The van der Waals surface area contributed by atoms with Crippen LogP contribution < -0.4 is 0 Å². The highest BCUT2D eigenvalue weighted by molar-refractivity contribution is 7.71. The molecular weight excluding hydrogens is 287 g/mol. The molecule has 0 N–H and O–H groups in total. The van der Waals surface area contributed by atoms with Gasteiger partial charge in [-0.25, -0.2) is 0 Å². The van der Waals surface area contributed by atoms with E-state index in [-0.39, 0.29) is 11.4 Å². The topological polar surface area (TPSA) is 52.6 Å². The summed E-state index contributed by atoms with van der Waals surface area (Å²) in [5.74, 6) is -0.263. The molecule has 126 valence electrons. The monoisotopic (exact) mass is 320 g/mol. The van der Waals surface area contributed by atoms with Crippen LogP contribution in [0.5, 0.6) is 0 Å². The predicted molar refractivity (Wildman–Crippen MR) is 87.6 cm³/mol. The van der Waals surface area contributed by atoms with Gasteiger partial charge in [0.15, 0.2) is 0 Å². The first-order valence-electron chi connectivity index (χ1n) is 7.90. The molecule has 0 aromatic carbocycles. The van der Waals surface area contributed by atoms with Gasteiger partial charge in [-0.2, -0.15) is 0 Å². The maximum Gasteiger partial charge on any atom is 0.397 e. The first kappa shape index (κ1) is 20.8. The summed E-state index contributed by atoms with van der Waals surface area (Å²) < 4.78 is 24.3. The average Bonchev–Trinajstić information content (AvgIpc) is 2.24. The van der Waals surface area contributed by atoms with Crippen molar-refractivity contribution in [1.82, 2.24) is 0 Å². The van der Waals surface area contributed by atoms with Crippen LogP contribution in [0.1, 0.15) is 81.1 Å². The van der Waals surface area contributed by atoms with Gasteiger partial charge < -0.3 is 0 Å². The van der Waals surface area contributed by atoms with Crippen molar-refractivity contribution in [2.24, 2.45) is 5.92 Å². The second-order valence-electron chi connectivity index (χ2n) is 7.49. The van der Waals surface area contributed by atoms with Crippen molar-refractivity contribution >= 4 is 13.1 Å². The van der Waals surface area contributed by atoms with Gasteiger partial charge in [-0.15, -0.1) is 0 Å². The third-order valence-electron chi connectivity index (χ3n) is 2.81. The Bertz CT molecular complexity index is 357. The van der Waals surface area contributed by atoms with Gasteiger partial charge in [-0.3, -0.25) is 18.4 Å². The number of rotatable bonds is 8. The molecule has 0 aliphatic carbocycles. The van der Waals surface area contributed by atoms with Gasteiger partial charge in [-0.05, 0) is 54.4 Å². The fourth-order valence-corrected chi connectivity index (χ4v) is 4.42. The summed E-state index contributed by atoms with van der Waals surface area (Å²) in [7, 11) is -3.81. The Morgan fingerprint density at radius 3 is 1.71 bits per heavy atom. The van der Waals surface area contributed by atoms with Crippen LogP contribution in [0, 0.1) is 5.92 Å². The Hall–Kier alpha value is -0.180. The average molecular weight is 320 g/mol. The predicted octanol–water partition coefficient (Wildman–Crippen LogP) is 5.55. The highest BCUT2D eigenvalue weighted by Crippen LogP contribution is 2.57. The van der Waals surface area contributed by atoms with E-state index in [1.54, 1.807) is 41.5 Å². The Labute approximate surface area is 130 Å². The quantitative estimate of drug-likeness (QED) is 0.550. The number of carbonyl (C=O) groups is 1. The minimum atomic E-state index is -3.81. The summed E-state index contributed by atoms with van der Waals surface area (Å²) in [6.45, 7) is 14.7. The fourth-order valence-electron chi connectivity index (χ4n) is 2.01. The third-order valence-corrected chi connectivity index (χ3v) is 5.29. The van der Waals surface area contributed by atoms with E-state index in [1.807, 2.05) is 6.92 Å². The van der Waals surface area contributed by atoms with Crippen LogP contribution in [0.4, 0.5) is 0 Å². The molecule has 0 amide bonds. The Balaban J connectivity index is 5.37. The lowest BCUT2D eigenvalue weighted by atomic mass is 10.0. The summed E-state index contributed by atoms with van der Waals surface area (Å²) in [6.07, 6.45) is 3.34. The van der Waals surface area contributed by atoms with Crippen molar-refractivity contribution in [3.05, 3.63) is 0 Å². The van der Waals surface area contributed by atoms with Crippen LogP contribution in [0.2, 0.25) is 0 Å². The van der Waals surface area contributed by atoms with E-state index in [0.717, 1.165) is 19.3 Å². The van der Waals surface area contributed by atoms with E-state index in [0.29, 0.717) is 6.42 Å². The molecule has 0 bridgehead atoms. The van der Waals surface area contributed by atoms with Crippen LogP contribution in [-0.2, 0) is 18.4 Å². The molecule has 0 spiro atoms. The van der Waals surface area contributed by atoms with Crippen LogP contribution in [-0.4, -0.2) is 16.7 Å². The van der Waals surface area contributed by atoms with E-state index in [1.165, 1.54) is 0 Å². The largest absolute Gasteiger partial charge is 0.397 e. The van der Waals surface area contributed by atoms with Crippen molar-refractivity contribution < 1.29 is 18.4 Å². The maximum atomic E-state index is 13.1. The first-order chi connectivity index (χ1) is 9.34. The maximum absolute atomic E-state index is 13.1. The molecule has 0 saturated heterocycles. The molecule has 4 nitrogen and oxygen atoms in total. The van der Waals surface area contributed by atoms with Crippen LogP contribution in [0.25, 0.3) is 0 Å². The zero-order chi connectivity index (χ0) is 16.9. The van der Waals surface area contributed by atoms with Gasteiger partial charge in [0.2, 0.25) is 5.52 Å². The summed E-state index contributed by atoms with van der Waals surface area (Å²) in [4.78, 5) is 12.7. The van der Waals surface area contributed by atoms with Crippen molar-refractivity contribution in [1.29, 1.82) is 0 Å². The molecule has 0 fully saturated rings. The fraction of sp³-hybridized carbons (Fsp3) is 0.938. The van der Waals surface area contributed by atoms with E-state index < -0.39 is 18.8 Å². The smallest absolute Gasteiger partial charge is 0.297 e. The van der Waals surface area contributed by atoms with E-state index in [9.17, 15) is 9.36 Å². The molecule has 0 saturated carbocycles. The van der Waals surface area contributed by atoms with Gasteiger partial charge in [0.25, 0.3) is 0 Å². The molecule has 0 radical (unpaired) electrons. The minimum absolute atomic E-state index is 0.263. The molecule has 0 rings (SSSR count). The first-order valence-corrected chi connectivity index (χ1v) is 9.45. The van der Waals surface area contributed by atoms with Gasteiger partial charge in [-0.1, -0.05) is 26.7 Å². The second kappa shape index (κ2) is 7.89. The molecule has 5 heteroatoms. The zero-order valence-electron chi connectivity index (χ0n) is 15.0. The highest BCUT2D eigenvalue weighted by Gasteiger charge is 2.44. The Morgan fingerprint density at radius 1 is 1.00 bits per heavy atom. The summed E-state index contributed by atoms with van der Waals surface area (Å²) in [5.41, 5.74) is -1.76. The zero-order valence-corrected chi connectivity index (χ0v) is 15.9. The number of unbranched alkanes of at least 4 members (excludes halogenated alkanes) is 1. The number of carbonyl (C=O) groups excluding carboxylic acids is 1. The second-order valence-corrected chi connectivity index (χ2v) is 9.29. The van der Waals surface area contributed by atoms with E-state index in [2.05, 4.69) is 6.92 Å². The molecule has 0 aromatic heterocycles. The van der Waals surface area contributed by atoms with E-state index >= 15 is 0 Å². The molecule has 0 aromatic rings. The molecule has 0 aliphatic rings. The minimum Gasteiger partial charge on any atom is -0.297 e. The third kappa shape index (κ3) is 8.13. The van der Waals surface area contributed by atoms with Gasteiger partial charge >= 0.3 is 7.60 Å². The molecule has 1 unspecified atom stereocenters. The molecule has 21 heavy (non-hydrogen) atoms. The van der Waals surface area contributed by atoms with Crippen LogP contribution in [0.15, 0.2) is 0 Å². The SMILES string of the molecule is CCCCC(CC)C(=O)P(=O)(OC(C)(C)C)OC(C)(C)C. The summed E-state index contributed by atoms with van der Waals surface area (Å²) in [6, 6.07) is 0. The van der Waals surface area contributed by atoms with Gasteiger partial charge in [0.05, 0.1) is 11.2 Å². The Morgan fingerprint density at radius 2 is 1.43 bits per heavy atom.